The Hall–Kier alpha value is -1.42. The van der Waals surface area contributed by atoms with Gasteiger partial charge in [-0.2, -0.15) is 0 Å². The van der Waals surface area contributed by atoms with Crippen molar-refractivity contribution in [1.29, 1.82) is 0 Å². The minimum Gasteiger partial charge on any atom is -0.306 e. The van der Waals surface area contributed by atoms with E-state index in [0.29, 0.717) is 5.82 Å². The molecule has 0 radical (unpaired) electrons. The zero-order valence-corrected chi connectivity index (χ0v) is 10.4. The van der Waals surface area contributed by atoms with E-state index in [1.165, 1.54) is 9.75 Å². The van der Waals surface area contributed by atoms with Crippen molar-refractivity contribution in [3.05, 3.63) is 37.9 Å². The highest BCUT2D eigenvalue weighted by Gasteiger charge is 2.08. The molecule has 16 heavy (non-hydrogen) atoms. The van der Waals surface area contributed by atoms with E-state index < -0.39 is 0 Å². The lowest BCUT2D eigenvalue weighted by molar-refractivity contribution is 0.987. The highest BCUT2D eigenvalue weighted by Crippen LogP contribution is 2.27. The molecule has 2 heterocycles. The predicted octanol–water partition coefficient (Wildman–Crippen LogP) is 2.68. The first-order valence-electron chi connectivity index (χ1n) is 5.27. The van der Waals surface area contributed by atoms with Gasteiger partial charge in [-0.05, 0) is 26.3 Å². The van der Waals surface area contributed by atoms with Gasteiger partial charge in [-0.1, -0.05) is 6.92 Å². The molecule has 0 saturated carbocycles. The summed E-state index contributed by atoms with van der Waals surface area (Å²) in [4.78, 5) is 21.1. The van der Waals surface area contributed by atoms with Crippen LogP contribution in [0.5, 0.6) is 0 Å². The number of aryl methyl sites for hydroxylation is 3. The zero-order chi connectivity index (χ0) is 11.7. The van der Waals surface area contributed by atoms with E-state index >= 15 is 0 Å². The first kappa shape index (κ1) is 11.1. The van der Waals surface area contributed by atoms with Gasteiger partial charge in [-0.15, -0.1) is 11.3 Å². The van der Waals surface area contributed by atoms with Gasteiger partial charge < -0.3 is 4.98 Å². The van der Waals surface area contributed by atoms with Crippen LogP contribution in [0.15, 0.2) is 16.9 Å². The fourth-order valence-electron chi connectivity index (χ4n) is 1.68. The van der Waals surface area contributed by atoms with Gasteiger partial charge >= 0.3 is 0 Å². The van der Waals surface area contributed by atoms with Crippen LogP contribution in [0.4, 0.5) is 0 Å². The molecule has 2 aromatic heterocycles. The molecule has 2 rings (SSSR count). The largest absolute Gasteiger partial charge is 0.306 e. The summed E-state index contributed by atoms with van der Waals surface area (Å²) in [5.41, 5.74) is 1.79. The average Bonchev–Trinajstić information content (AvgIpc) is 2.57. The van der Waals surface area contributed by atoms with E-state index in [1.54, 1.807) is 17.4 Å². The maximum Gasteiger partial charge on any atom is 0.251 e. The lowest BCUT2D eigenvalue weighted by atomic mass is 10.2. The number of thiophene rings is 1. The summed E-state index contributed by atoms with van der Waals surface area (Å²) in [6.45, 7) is 6.10. The van der Waals surface area contributed by atoms with Crippen molar-refractivity contribution >= 4 is 11.3 Å². The number of nitrogens with zero attached hydrogens (tertiary/aromatic N) is 1. The van der Waals surface area contributed by atoms with Crippen LogP contribution < -0.4 is 5.56 Å². The normalized spacial score (nSPS) is 10.7. The summed E-state index contributed by atoms with van der Waals surface area (Å²) in [7, 11) is 0. The van der Waals surface area contributed by atoms with Gasteiger partial charge in [-0.25, -0.2) is 4.98 Å². The minimum atomic E-state index is -0.0786. The third-order valence-electron chi connectivity index (χ3n) is 2.45. The van der Waals surface area contributed by atoms with Crippen LogP contribution in [0.1, 0.15) is 22.4 Å². The van der Waals surface area contributed by atoms with Crippen LogP contribution in [0, 0.1) is 13.8 Å². The Morgan fingerprint density at radius 1 is 1.38 bits per heavy atom. The van der Waals surface area contributed by atoms with E-state index in [0.717, 1.165) is 17.7 Å². The second kappa shape index (κ2) is 4.22. The molecule has 0 saturated heterocycles. The summed E-state index contributed by atoms with van der Waals surface area (Å²) >= 11 is 1.72. The Balaban J connectivity index is 2.59. The molecule has 84 valence electrons. The van der Waals surface area contributed by atoms with Crippen molar-refractivity contribution in [2.75, 3.05) is 0 Å². The van der Waals surface area contributed by atoms with Crippen LogP contribution in [0.3, 0.4) is 0 Å². The maximum absolute atomic E-state index is 11.5. The minimum absolute atomic E-state index is 0.0786. The average molecular weight is 234 g/mol. The zero-order valence-electron chi connectivity index (χ0n) is 9.63. The van der Waals surface area contributed by atoms with E-state index in [9.17, 15) is 4.79 Å². The molecular weight excluding hydrogens is 220 g/mol. The lowest BCUT2D eigenvalue weighted by Gasteiger charge is -2.01. The molecule has 0 aliphatic heterocycles. The van der Waals surface area contributed by atoms with E-state index in [4.69, 9.17) is 0 Å². The Labute approximate surface area is 98.2 Å². The van der Waals surface area contributed by atoms with Crippen molar-refractivity contribution < 1.29 is 0 Å². The van der Waals surface area contributed by atoms with Gasteiger partial charge in [-0.3, -0.25) is 4.79 Å². The highest BCUT2D eigenvalue weighted by atomic mass is 32.1. The molecule has 0 aromatic carbocycles. The molecule has 0 bridgehead atoms. The number of aromatic nitrogens is 2. The SMILES string of the molecule is CCc1cc(=O)[nH]c(-c2cc(C)sc2C)n1. The first-order valence-corrected chi connectivity index (χ1v) is 6.09. The van der Waals surface area contributed by atoms with Crippen molar-refractivity contribution in [1.82, 2.24) is 9.97 Å². The summed E-state index contributed by atoms with van der Waals surface area (Å²) in [6, 6.07) is 3.62. The highest BCUT2D eigenvalue weighted by molar-refractivity contribution is 7.12. The predicted molar refractivity (Wildman–Crippen MR) is 67.0 cm³/mol. The third kappa shape index (κ3) is 2.07. The molecule has 1 N–H and O–H groups in total. The molecule has 0 aliphatic carbocycles. The maximum atomic E-state index is 11.5. The fraction of sp³-hybridized carbons (Fsp3) is 0.333. The molecule has 0 amide bonds. The number of rotatable bonds is 2. The van der Waals surface area contributed by atoms with Crippen LogP contribution in [0.2, 0.25) is 0 Å². The Morgan fingerprint density at radius 2 is 2.12 bits per heavy atom. The number of H-pyrrole nitrogens is 1. The molecule has 0 atom stereocenters. The van der Waals surface area contributed by atoms with E-state index in [2.05, 4.69) is 23.0 Å². The van der Waals surface area contributed by atoms with Gasteiger partial charge in [0.1, 0.15) is 5.82 Å². The van der Waals surface area contributed by atoms with Crippen LogP contribution in [-0.2, 0) is 6.42 Å². The summed E-state index contributed by atoms with van der Waals surface area (Å²) in [6.07, 6.45) is 0.777. The third-order valence-corrected chi connectivity index (χ3v) is 3.42. The molecule has 0 aliphatic rings. The lowest BCUT2D eigenvalue weighted by Crippen LogP contribution is -2.09. The second-order valence-corrected chi connectivity index (χ2v) is 5.23. The van der Waals surface area contributed by atoms with Crippen LogP contribution in [-0.4, -0.2) is 9.97 Å². The second-order valence-electron chi connectivity index (χ2n) is 3.77. The Kier molecular flexibility index (Phi) is 2.92. The van der Waals surface area contributed by atoms with Crippen molar-refractivity contribution in [3.63, 3.8) is 0 Å². The number of aromatic amines is 1. The van der Waals surface area contributed by atoms with Gasteiger partial charge in [0.25, 0.3) is 5.56 Å². The topological polar surface area (TPSA) is 45.8 Å². The van der Waals surface area contributed by atoms with Gasteiger partial charge in [0.2, 0.25) is 0 Å². The molecule has 3 nitrogen and oxygen atoms in total. The quantitative estimate of drug-likeness (QED) is 0.868. The monoisotopic (exact) mass is 234 g/mol. The molecule has 0 unspecified atom stereocenters. The van der Waals surface area contributed by atoms with Crippen molar-refractivity contribution in [3.8, 4) is 11.4 Å². The summed E-state index contributed by atoms with van der Waals surface area (Å²) in [5.74, 6) is 0.686. The molecular formula is C12H14N2OS. The number of nitrogens with one attached hydrogen (secondary N) is 1. The molecule has 0 fully saturated rings. The van der Waals surface area contributed by atoms with E-state index in [-0.39, 0.29) is 5.56 Å². The number of hydrogen-bond acceptors (Lipinski definition) is 3. The standard InChI is InChI=1S/C12H14N2OS/c1-4-9-6-11(15)14-12(13-9)10-5-7(2)16-8(10)3/h5-6H,4H2,1-3H3,(H,13,14,15). The molecule has 0 spiro atoms. The van der Waals surface area contributed by atoms with Gasteiger partial charge in [0.05, 0.1) is 0 Å². The van der Waals surface area contributed by atoms with Gasteiger partial charge in [0, 0.05) is 27.1 Å². The molecule has 2 aromatic rings. The Morgan fingerprint density at radius 3 is 2.69 bits per heavy atom. The van der Waals surface area contributed by atoms with Crippen molar-refractivity contribution in [2.45, 2.75) is 27.2 Å². The smallest absolute Gasteiger partial charge is 0.251 e. The summed E-state index contributed by atoms with van der Waals surface area (Å²) in [5, 5.41) is 0. The van der Waals surface area contributed by atoms with E-state index in [1.807, 2.05) is 13.8 Å². The van der Waals surface area contributed by atoms with Crippen molar-refractivity contribution in [2.24, 2.45) is 0 Å². The van der Waals surface area contributed by atoms with Gasteiger partial charge in [0.15, 0.2) is 0 Å². The first-order chi connectivity index (χ1) is 7.60. The summed E-state index contributed by atoms with van der Waals surface area (Å²) < 4.78 is 0. The fourth-order valence-corrected chi connectivity index (χ4v) is 2.61. The van der Waals surface area contributed by atoms with Crippen LogP contribution in [0.25, 0.3) is 11.4 Å². The van der Waals surface area contributed by atoms with Crippen LogP contribution >= 0.6 is 11.3 Å². The molecule has 4 heteroatoms. The number of hydrogen-bond donors (Lipinski definition) is 1. The Bertz CT molecular complexity index is 569.